The summed E-state index contributed by atoms with van der Waals surface area (Å²) in [6, 6.07) is 15.3. The Morgan fingerprint density at radius 3 is 2.50 bits per heavy atom. The van der Waals surface area contributed by atoms with E-state index in [1.807, 2.05) is 43.3 Å². The lowest BCUT2D eigenvalue weighted by molar-refractivity contribution is -0.116. The van der Waals surface area contributed by atoms with Crippen LogP contribution in [0.15, 0.2) is 53.0 Å². The maximum atomic E-state index is 13.2. The minimum Gasteiger partial charge on any atom is -0.310 e. The molecule has 0 unspecified atom stereocenters. The molecule has 0 saturated heterocycles. The van der Waals surface area contributed by atoms with Crippen molar-refractivity contribution in [3.63, 3.8) is 0 Å². The van der Waals surface area contributed by atoms with Crippen LogP contribution in [0.2, 0.25) is 0 Å². The average molecular weight is 438 g/mol. The summed E-state index contributed by atoms with van der Waals surface area (Å²) in [6.45, 7) is 3.99. The monoisotopic (exact) mass is 437 g/mol. The van der Waals surface area contributed by atoms with Gasteiger partial charge in [0, 0.05) is 22.0 Å². The predicted molar refractivity (Wildman–Crippen MR) is 112 cm³/mol. The Bertz CT molecular complexity index is 1050. The van der Waals surface area contributed by atoms with Crippen LogP contribution in [0.4, 0.5) is 5.82 Å². The van der Waals surface area contributed by atoms with Crippen molar-refractivity contribution in [3.8, 4) is 5.69 Å². The number of benzene rings is 2. The molecule has 3 aromatic rings. The third-order valence-electron chi connectivity index (χ3n) is 5.14. The molecule has 0 aliphatic carbocycles. The smallest absolute Gasteiger partial charge is 0.226 e. The van der Waals surface area contributed by atoms with Crippen LogP contribution >= 0.6 is 15.9 Å². The van der Waals surface area contributed by atoms with Crippen molar-refractivity contribution in [3.05, 3.63) is 75.4 Å². The number of aromatic nitrogens is 2. The third kappa shape index (κ3) is 3.29. The fourth-order valence-corrected chi connectivity index (χ4v) is 3.91. The summed E-state index contributed by atoms with van der Waals surface area (Å²) in [5.74, 6) is -0.177. The van der Waals surface area contributed by atoms with Crippen LogP contribution < -0.4 is 5.32 Å². The Balaban J connectivity index is 1.78. The van der Waals surface area contributed by atoms with Gasteiger partial charge >= 0.3 is 0 Å². The number of carbonyl (C=O) groups excluding carboxylic acids is 2. The molecule has 2 aromatic carbocycles. The average Bonchev–Trinajstić information content (AvgIpc) is 3.03. The summed E-state index contributed by atoms with van der Waals surface area (Å²) in [4.78, 5) is 25.6. The summed E-state index contributed by atoms with van der Waals surface area (Å²) in [6.07, 6.45) is 1.08. The van der Waals surface area contributed by atoms with Crippen LogP contribution in [0.5, 0.6) is 0 Å². The van der Waals surface area contributed by atoms with Crippen LogP contribution in [-0.2, 0) is 11.2 Å². The SMILES string of the molecule is CCc1ccc(-n2nc(C)c3c2NC(=O)C[C@H]3C(=O)c2ccc(Br)cc2)cc1. The number of nitrogens with one attached hydrogen (secondary N) is 1. The Morgan fingerprint density at radius 1 is 1.18 bits per heavy atom. The quantitative estimate of drug-likeness (QED) is 0.595. The zero-order valence-electron chi connectivity index (χ0n) is 15.7. The molecule has 4 rings (SSSR count). The normalized spacial score (nSPS) is 15.8. The number of amides is 1. The first-order valence-corrected chi connectivity index (χ1v) is 10.1. The lowest BCUT2D eigenvalue weighted by Gasteiger charge is -2.23. The van der Waals surface area contributed by atoms with Crippen LogP contribution in [0.25, 0.3) is 5.69 Å². The molecular formula is C22H20BrN3O2. The molecule has 0 saturated carbocycles. The van der Waals surface area contributed by atoms with E-state index in [-0.39, 0.29) is 18.1 Å². The van der Waals surface area contributed by atoms with Crippen LogP contribution in [0, 0.1) is 6.92 Å². The van der Waals surface area contributed by atoms with Gasteiger partial charge in [0.05, 0.1) is 17.3 Å². The van der Waals surface area contributed by atoms with Crippen molar-refractivity contribution in [2.45, 2.75) is 32.6 Å². The van der Waals surface area contributed by atoms with Gasteiger partial charge in [-0.1, -0.05) is 47.1 Å². The molecule has 142 valence electrons. The minimum atomic E-state index is -0.534. The zero-order valence-corrected chi connectivity index (χ0v) is 17.3. The number of hydrogen-bond acceptors (Lipinski definition) is 3. The third-order valence-corrected chi connectivity index (χ3v) is 5.67. The summed E-state index contributed by atoms with van der Waals surface area (Å²) in [5.41, 5.74) is 4.23. The van der Waals surface area contributed by atoms with E-state index in [4.69, 9.17) is 0 Å². The largest absolute Gasteiger partial charge is 0.310 e. The molecule has 1 aliphatic rings. The highest BCUT2D eigenvalue weighted by Crippen LogP contribution is 2.38. The number of ketones is 1. The molecule has 0 fully saturated rings. The highest BCUT2D eigenvalue weighted by molar-refractivity contribution is 9.10. The molecule has 0 bridgehead atoms. The van der Waals surface area contributed by atoms with Gasteiger partial charge in [-0.25, -0.2) is 4.68 Å². The fourth-order valence-electron chi connectivity index (χ4n) is 3.65. The minimum absolute atomic E-state index is 0.0624. The second-order valence-corrected chi connectivity index (χ2v) is 7.87. The molecule has 1 N–H and O–H groups in total. The molecule has 1 aliphatic heterocycles. The summed E-state index contributed by atoms with van der Waals surface area (Å²) >= 11 is 3.39. The van der Waals surface area contributed by atoms with Gasteiger partial charge in [0.2, 0.25) is 5.91 Å². The molecule has 1 aromatic heterocycles. The van der Waals surface area contributed by atoms with Crippen molar-refractivity contribution in [2.75, 3.05) is 5.32 Å². The molecular weight excluding hydrogens is 418 g/mol. The molecule has 0 spiro atoms. The van der Waals surface area contributed by atoms with Gasteiger partial charge < -0.3 is 5.32 Å². The van der Waals surface area contributed by atoms with Gasteiger partial charge in [0.1, 0.15) is 5.82 Å². The molecule has 2 heterocycles. The Hall–Kier alpha value is -2.73. The van der Waals surface area contributed by atoms with Gasteiger partial charge in [-0.05, 0) is 43.2 Å². The fraction of sp³-hybridized carbons (Fsp3) is 0.227. The zero-order chi connectivity index (χ0) is 19.8. The highest BCUT2D eigenvalue weighted by Gasteiger charge is 2.36. The lowest BCUT2D eigenvalue weighted by atomic mass is 9.85. The molecule has 5 nitrogen and oxygen atoms in total. The number of anilines is 1. The van der Waals surface area contributed by atoms with E-state index < -0.39 is 5.92 Å². The molecule has 28 heavy (non-hydrogen) atoms. The van der Waals surface area contributed by atoms with Crippen molar-refractivity contribution in [1.82, 2.24) is 9.78 Å². The van der Waals surface area contributed by atoms with E-state index in [1.54, 1.807) is 16.8 Å². The van der Waals surface area contributed by atoms with Crippen LogP contribution in [-0.4, -0.2) is 21.5 Å². The van der Waals surface area contributed by atoms with E-state index in [1.165, 1.54) is 5.56 Å². The van der Waals surface area contributed by atoms with Gasteiger partial charge in [-0.15, -0.1) is 0 Å². The van der Waals surface area contributed by atoms with Gasteiger partial charge in [-0.2, -0.15) is 5.10 Å². The van der Waals surface area contributed by atoms with Crippen molar-refractivity contribution in [1.29, 1.82) is 0 Å². The number of rotatable bonds is 4. The number of carbonyl (C=O) groups is 2. The number of aryl methyl sites for hydroxylation is 2. The summed E-state index contributed by atoms with van der Waals surface area (Å²) < 4.78 is 2.63. The molecule has 6 heteroatoms. The van der Waals surface area contributed by atoms with Crippen molar-refractivity contribution in [2.24, 2.45) is 0 Å². The standard InChI is InChI=1S/C22H20BrN3O2/c1-3-14-4-10-17(11-5-14)26-22-20(13(2)25-26)18(12-19(27)24-22)21(28)15-6-8-16(23)9-7-15/h4-11,18H,3,12H2,1-2H3,(H,24,27)/t18-/m1/s1. The molecule has 1 amide bonds. The van der Waals surface area contributed by atoms with Crippen LogP contribution in [0.1, 0.15) is 46.4 Å². The van der Waals surface area contributed by atoms with Gasteiger partial charge in [0.15, 0.2) is 5.78 Å². The van der Waals surface area contributed by atoms with Crippen LogP contribution in [0.3, 0.4) is 0 Å². The Morgan fingerprint density at radius 2 is 1.86 bits per heavy atom. The first-order valence-electron chi connectivity index (χ1n) is 9.26. The Labute approximate surface area is 171 Å². The summed E-state index contributed by atoms with van der Waals surface area (Å²) in [7, 11) is 0. The van der Waals surface area contributed by atoms with Gasteiger partial charge in [0.25, 0.3) is 0 Å². The maximum absolute atomic E-state index is 13.2. The first kappa shape index (κ1) is 18.6. The van der Waals surface area contributed by atoms with E-state index >= 15 is 0 Å². The highest BCUT2D eigenvalue weighted by atomic mass is 79.9. The molecule has 0 radical (unpaired) electrons. The number of nitrogens with zero attached hydrogens (tertiary/aromatic N) is 2. The number of fused-ring (bicyclic) bond motifs is 1. The maximum Gasteiger partial charge on any atom is 0.226 e. The lowest BCUT2D eigenvalue weighted by Crippen LogP contribution is -2.28. The number of hydrogen-bond donors (Lipinski definition) is 1. The second kappa shape index (κ2) is 7.36. The predicted octanol–water partition coefficient (Wildman–Crippen LogP) is 4.81. The van der Waals surface area contributed by atoms with Gasteiger partial charge in [-0.3, -0.25) is 9.59 Å². The molecule has 1 atom stereocenters. The van der Waals surface area contributed by atoms with E-state index in [0.717, 1.165) is 27.8 Å². The van der Waals surface area contributed by atoms with E-state index in [2.05, 4.69) is 33.3 Å². The second-order valence-electron chi connectivity index (χ2n) is 6.96. The number of Topliss-reactive ketones (excluding diaryl/α,β-unsaturated/α-hetero) is 1. The number of halogens is 1. The first-order chi connectivity index (χ1) is 13.5. The van der Waals surface area contributed by atoms with Crippen molar-refractivity contribution >= 4 is 33.4 Å². The van der Waals surface area contributed by atoms with Crippen molar-refractivity contribution < 1.29 is 9.59 Å². The van der Waals surface area contributed by atoms with E-state index in [9.17, 15) is 9.59 Å². The summed E-state index contributed by atoms with van der Waals surface area (Å²) in [5, 5.41) is 7.56. The topological polar surface area (TPSA) is 64.0 Å². The van der Waals surface area contributed by atoms with E-state index in [0.29, 0.717) is 11.4 Å². The Kier molecular flexibility index (Phi) is 4.89.